The van der Waals surface area contributed by atoms with E-state index in [0.29, 0.717) is 22.7 Å². The summed E-state index contributed by atoms with van der Waals surface area (Å²) in [5.41, 5.74) is -1.03. The maximum absolute atomic E-state index is 13.1. The number of piperidine rings is 1. The first-order valence-electron chi connectivity index (χ1n) is 10.5. The Morgan fingerprint density at radius 2 is 2.00 bits per heavy atom. The summed E-state index contributed by atoms with van der Waals surface area (Å²) < 4.78 is 69.8. The molecule has 1 aromatic carbocycles. The quantitative estimate of drug-likeness (QED) is 0.503. The summed E-state index contributed by atoms with van der Waals surface area (Å²) in [4.78, 5) is 6.41. The summed E-state index contributed by atoms with van der Waals surface area (Å²) in [6, 6.07) is 4.25. The van der Waals surface area contributed by atoms with Crippen LogP contribution in [0.25, 0.3) is 22.0 Å². The van der Waals surface area contributed by atoms with E-state index in [2.05, 4.69) is 37.1 Å². The topological polar surface area (TPSA) is 63.2 Å². The van der Waals surface area contributed by atoms with Crippen molar-refractivity contribution >= 4 is 16.6 Å². The molecule has 4 rings (SSSR count). The molecule has 3 heterocycles. The van der Waals surface area contributed by atoms with Gasteiger partial charge in [0.15, 0.2) is 5.82 Å². The molecule has 0 spiro atoms. The Bertz CT molecular complexity index is 1120. The third kappa shape index (κ3) is 5.13. The number of aromatic nitrogens is 3. The highest BCUT2D eigenvalue weighted by molar-refractivity contribution is 6.00. The van der Waals surface area contributed by atoms with Crippen molar-refractivity contribution in [2.45, 2.75) is 38.6 Å². The highest BCUT2D eigenvalue weighted by Crippen LogP contribution is 2.39. The molecule has 0 bridgehead atoms. The van der Waals surface area contributed by atoms with Crippen molar-refractivity contribution < 1.29 is 26.7 Å². The van der Waals surface area contributed by atoms with Gasteiger partial charge in [-0.25, -0.2) is 0 Å². The molecule has 1 atom stereocenters. The van der Waals surface area contributed by atoms with Crippen LogP contribution in [0.1, 0.15) is 25.3 Å². The number of hydrogen-bond acceptors (Lipinski definition) is 6. The number of ether oxygens (including phenoxy) is 1. The lowest BCUT2D eigenvalue weighted by Gasteiger charge is -2.32. The number of hydrogen-bond donors (Lipinski definition) is 1. The second-order valence-corrected chi connectivity index (χ2v) is 7.78. The monoisotopic (exact) mass is 467 g/mol. The molecule has 11 heteroatoms. The van der Waals surface area contributed by atoms with E-state index < -0.39 is 24.1 Å². The predicted molar refractivity (Wildman–Crippen MR) is 113 cm³/mol. The minimum atomic E-state index is -4.71. The summed E-state index contributed by atoms with van der Waals surface area (Å²) in [7, 11) is 0. The van der Waals surface area contributed by atoms with Crippen molar-refractivity contribution in [2.24, 2.45) is 0 Å². The van der Waals surface area contributed by atoms with Gasteiger partial charge in [0.1, 0.15) is 11.4 Å². The number of rotatable bonds is 6. The van der Waals surface area contributed by atoms with Crippen molar-refractivity contribution in [3.05, 3.63) is 42.2 Å². The molecule has 1 N–H and O–H groups in total. The Hall–Kier alpha value is -3.08. The first kappa shape index (κ1) is 23.1. The maximum Gasteiger partial charge on any atom is 0.416 e. The van der Waals surface area contributed by atoms with Crippen LogP contribution in [-0.2, 0) is 6.18 Å². The summed E-state index contributed by atoms with van der Waals surface area (Å²) in [6.45, 7) is 1.61. The molecule has 0 radical (unpaired) electrons. The molecule has 1 aliphatic rings. The van der Waals surface area contributed by atoms with E-state index in [1.807, 2.05) is 0 Å². The zero-order valence-electron chi connectivity index (χ0n) is 17.7. The van der Waals surface area contributed by atoms with Crippen molar-refractivity contribution in [2.75, 3.05) is 25.0 Å². The third-order valence-corrected chi connectivity index (χ3v) is 5.65. The van der Waals surface area contributed by atoms with Crippen LogP contribution >= 0.6 is 0 Å². The van der Waals surface area contributed by atoms with Gasteiger partial charge in [0.2, 0.25) is 0 Å². The van der Waals surface area contributed by atoms with Gasteiger partial charge in [-0.15, -0.1) is 10.2 Å². The Kier molecular flexibility index (Phi) is 6.59. The van der Waals surface area contributed by atoms with Gasteiger partial charge in [-0.3, -0.25) is 4.98 Å². The predicted octanol–water partition coefficient (Wildman–Crippen LogP) is 5.21. The van der Waals surface area contributed by atoms with E-state index in [1.54, 1.807) is 12.3 Å². The average molecular weight is 467 g/mol. The third-order valence-electron chi connectivity index (χ3n) is 5.65. The maximum atomic E-state index is 13.1. The number of likely N-dealkylation sites (tertiary alicyclic amines) is 1. The van der Waals surface area contributed by atoms with Gasteiger partial charge in [0, 0.05) is 41.3 Å². The number of anilines is 1. The molecule has 176 valence electrons. The van der Waals surface area contributed by atoms with Crippen LogP contribution < -0.4 is 10.1 Å². The fraction of sp³-hybridized carbons (Fsp3) is 0.409. The summed E-state index contributed by atoms with van der Waals surface area (Å²) in [6.07, 6.45) is 0.317. The standard InChI is InChI=1S/C22H22F5N5O/c1-2-32-9-3-4-14(12-32)29-20-15-7-8-28-11-17(15)19(30-31-20)16-6-5-13(22(25,26)27)10-18(16)33-21(23)24/h5-8,10-11,14,21H,2-4,9,12H2,1H3,(H,29,31)/t14-/m1/s1. The molecular weight excluding hydrogens is 445 g/mol. The number of halogens is 5. The molecule has 2 aromatic heterocycles. The van der Waals surface area contributed by atoms with Gasteiger partial charge in [0.25, 0.3) is 0 Å². The highest BCUT2D eigenvalue weighted by Gasteiger charge is 2.32. The van der Waals surface area contributed by atoms with Gasteiger partial charge in [-0.2, -0.15) is 22.0 Å². The van der Waals surface area contributed by atoms with Gasteiger partial charge >= 0.3 is 12.8 Å². The SMILES string of the molecule is CCN1CCC[C@@H](Nc2nnc(-c3ccc(C(F)(F)F)cc3OC(F)F)c3cnccc23)C1. The minimum absolute atomic E-state index is 0.0322. The fourth-order valence-corrected chi connectivity index (χ4v) is 4.04. The fourth-order valence-electron chi connectivity index (χ4n) is 4.04. The molecule has 33 heavy (non-hydrogen) atoms. The molecule has 0 unspecified atom stereocenters. The summed E-state index contributed by atoms with van der Waals surface area (Å²) in [5.74, 6) is -0.131. The summed E-state index contributed by atoms with van der Waals surface area (Å²) in [5, 5.41) is 12.9. The number of nitrogens with zero attached hydrogens (tertiary/aromatic N) is 4. The van der Waals surface area contributed by atoms with Crippen LogP contribution in [0.15, 0.2) is 36.7 Å². The van der Waals surface area contributed by atoms with Crippen molar-refractivity contribution in [3.8, 4) is 17.0 Å². The number of benzene rings is 1. The number of fused-ring (bicyclic) bond motifs is 1. The van der Waals surface area contributed by atoms with Crippen molar-refractivity contribution in [1.29, 1.82) is 0 Å². The van der Waals surface area contributed by atoms with Gasteiger partial charge in [-0.1, -0.05) is 6.92 Å². The summed E-state index contributed by atoms with van der Waals surface area (Å²) >= 11 is 0. The number of likely N-dealkylation sites (N-methyl/N-ethyl adjacent to an activating group) is 1. The Labute approximate surface area is 186 Å². The molecule has 3 aromatic rings. The van der Waals surface area contributed by atoms with Gasteiger partial charge in [0.05, 0.1) is 5.56 Å². The lowest BCUT2D eigenvalue weighted by Crippen LogP contribution is -2.42. The molecular formula is C22H22F5N5O. The Balaban J connectivity index is 1.76. The second-order valence-electron chi connectivity index (χ2n) is 7.78. The highest BCUT2D eigenvalue weighted by atomic mass is 19.4. The first-order chi connectivity index (χ1) is 15.8. The number of pyridine rings is 1. The van der Waals surface area contributed by atoms with Crippen molar-refractivity contribution in [3.63, 3.8) is 0 Å². The molecule has 0 aliphatic carbocycles. The molecule has 0 amide bonds. The molecule has 6 nitrogen and oxygen atoms in total. The minimum Gasteiger partial charge on any atom is -0.434 e. The van der Waals surface area contributed by atoms with Gasteiger partial charge < -0.3 is 15.0 Å². The van der Waals surface area contributed by atoms with E-state index in [0.717, 1.165) is 44.6 Å². The zero-order valence-corrected chi connectivity index (χ0v) is 17.7. The average Bonchev–Trinajstić information content (AvgIpc) is 2.79. The lowest BCUT2D eigenvalue weighted by atomic mass is 10.0. The first-order valence-corrected chi connectivity index (χ1v) is 10.5. The van der Waals surface area contributed by atoms with E-state index >= 15 is 0 Å². The second kappa shape index (κ2) is 9.42. The Morgan fingerprint density at radius 3 is 2.73 bits per heavy atom. The van der Waals surface area contributed by atoms with E-state index in [4.69, 9.17) is 0 Å². The number of nitrogens with one attached hydrogen (secondary N) is 1. The smallest absolute Gasteiger partial charge is 0.416 e. The van der Waals surface area contributed by atoms with E-state index in [-0.39, 0.29) is 17.3 Å². The van der Waals surface area contributed by atoms with Crippen LogP contribution in [0.5, 0.6) is 5.75 Å². The lowest BCUT2D eigenvalue weighted by molar-refractivity contribution is -0.138. The molecule has 1 fully saturated rings. The van der Waals surface area contributed by atoms with Gasteiger partial charge in [-0.05, 0) is 50.2 Å². The molecule has 1 aliphatic heterocycles. The van der Waals surface area contributed by atoms with Crippen LogP contribution in [0.3, 0.4) is 0 Å². The van der Waals surface area contributed by atoms with Crippen LogP contribution in [-0.4, -0.2) is 52.4 Å². The van der Waals surface area contributed by atoms with E-state index in [1.165, 1.54) is 6.20 Å². The Morgan fingerprint density at radius 1 is 1.18 bits per heavy atom. The van der Waals surface area contributed by atoms with Crippen LogP contribution in [0.2, 0.25) is 0 Å². The molecule has 1 saturated heterocycles. The van der Waals surface area contributed by atoms with Crippen LogP contribution in [0, 0.1) is 0 Å². The molecule has 0 saturated carbocycles. The normalized spacial score (nSPS) is 17.5. The van der Waals surface area contributed by atoms with E-state index in [9.17, 15) is 22.0 Å². The zero-order chi connectivity index (χ0) is 23.6. The number of alkyl halides is 5. The largest absolute Gasteiger partial charge is 0.434 e. The van der Waals surface area contributed by atoms with Crippen LogP contribution in [0.4, 0.5) is 27.8 Å². The van der Waals surface area contributed by atoms with Crippen molar-refractivity contribution in [1.82, 2.24) is 20.1 Å².